The number of hydrogen-bond donors (Lipinski definition) is 0. The molecule has 8 aromatic carbocycles. The predicted molar refractivity (Wildman–Crippen MR) is 207 cm³/mol. The number of aryl methyl sites for hydroxylation is 1. The van der Waals surface area contributed by atoms with Gasteiger partial charge in [0, 0.05) is 18.9 Å². The van der Waals surface area contributed by atoms with Crippen LogP contribution in [0.15, 0.2) is 176 Å². The van der Waals surface area contributed by atoms with Gasteiger partial charge in [0.25, 0.3) is 0 Å². The number of aromatic nitrogens is 2. The number of para-hydroxylation sites is 2. The first-order chi connectivity index (χ1) is 29.5. The molecule has 0 aliphatic heterocycles. The molecule has 232 valence electrons. The minimum absolute atomic E-state index is 0.115. The van der Waals surface area contributed by atoms with Gasteiger partial charge in [-0.1, -0.05) is 158 Å². The second-order valence-corrected chi connectivity index (χ2v) is 11.7. The van der Waals surface area contributed by atoms with Crippen LogP contribution in [0.4, 0.5) is 0 Å². The molecule has 0 bridgehead atoms. The maximum atomic E-state index is 9.35. The van der Waals surface area contributed by atoms with E-state index < -0.39 is 37.4 Å². The molecule has 2 heteroatoms. The summed E-state index contributed by atoms with van der Waals surface area (Å²) in [5, 5.41) is 0.481. The third-order valence-corrected chi connectivity index (χ3v) is 8.96. The summed E-state index contributed by atoms with van der Waals surface area (Å²) < 4.78 is 115. The highest BCUT2D eigenvalue weighted by atomic mass is 15.1. The van der Waals surface area contributed by atoms with Crippen molar-refractivity contribution >= 4 is 32.6 Å². The van der Waals surface area contributed by atoms with Crippen molar-refractivity contribution in [3.8, 4) is 50.2 Å². The summed E-state index contributed by atoms with van der Waals surface area (Å²) in [7, 11) is 0. The van der Waals surface area contributed by atoms with Gasteiger partial charge in [-0.15, -0.1) is 0 Å². The van der Waals surface area contributed by atoms with Crippen molar-refractivity contribution < 1.29 is 17.8 Å². The van der Waals surface area contributed by atoms with Crippen LogP contribution in [0.25, 0.3) is 82.8 Å². The molecule has 2 nitrogen and oxygen atoms in total. The molecule has 1 aromatic heterocycles. The van der Waals surface area contributed by atoms with Crippen LogP contribution in [0.3, 0.4) is 0 Å². The summed E-state index contributed by atoms with van der Waals surface area (Å²) in [5.74, 6) is -0.249. The van der Waals surface area contributed by atoms with Crippen molar-refractivity contribution in [1.29, 1.82) is 0 Å². The molecule has 0 N–H and O–H groups in total. The van der Waals surface area contributed by atoms with Crippen molar-refractivity contribution in [2.45, 2.75) is 13.2 Å². The number of nitrogens with zero attached hydrogens (tertiary/aromatic N) is 2. The topological polar surface area (TPSA) is 17.8 Å². The average molecular weight is 640 g/mol. The lowest BCUT2D eigenvalue weighted by molar-refractivity contribution is 0.908. The van der Waals surface area contributed by atoms with Gasteiger partial charge in [-0.05, 0) is 90.3 Å². The van der Waals surface area contributed by atoms with E-state index in [2.05, 4.69) is 4.98 Å². The van der Waals surface area contributed by atoms with Crippen molar-refractivity contribution in [2.75, 3.05) is 0 Å². The number of imidazole rings is 1. The van der Waals surface area contributed by atoms with E-state index in [-0.39, 0.29) is 62.7 Å². The van der Waals surface area contributed by atoms with Crippen LogP contribution < -0.4 is 0 Å². The Bertz CT molecular complexity index is 3190. The van der Waals surface area contributed by atoms with Crippen LogP contribution in [0.5, 0.6) is 0 Å². The molecule has 0 amide bonds. The molecule has 0 saturated heterocycles. The minimum atomic E-state index is -2.99. The van der Waals surface area contributed by atoms with Gasteiger partial charge in [0.15, 0.2) is 0 Å². The molecule has 9 aromatic rings. The van der Waals surface area contributed by atoms with Crippen molar-refractivity contribution in [2.24, 2.45) is 0 Å². The first-order valence-electron chi connectivity index (χ1n) is 22.3. The lowest BCUT2D eigenvalue weighted by Crippen LogP contribution is -1.99. The van der Waals surface area contributed by atoms with E-state index in [4.69, 9.17) is 12.3 Å². The first-order valence-corrected chi connectivity index (χ1v) is 15.8. The third kappa shape index (κ3) is 4.92. The molecule has 0 saturated carbocycles. The summed E-state index contributed by atoms with van der Waals surface area (Å²) in [6.07, 6.45) is -2.76. The van der Waals surface area contributed by atoms with Crippen LogP contribution in [0.1, 0.15) is 30.5 Å². The van der Waals surface area contributed by atoms with Gasteiger partial charge >= 0.3 is 0 Å². The van der Waals surface area contributed by atoms with E-state index in [1.807, 2.05) is 66.7 Å². The number of hydrogen-bond acceptors (Lipinski definition) is 1. The van der Waals surface area contributed by atoms with Crippen LogP contribution in [0, 0.1) is 0 Å². The number of rotatable bonds is 6. The third-order valence-electron chi connectivity index (χ3n) is 8.96. The Morgan fingerprint density at radius 2 is 1.06 bits per heavy atom. The zero-order chi connectivity index (χ0) is 44.0. The molecule has 0 aliphatic carbocycles. The van der Waals surface area contributed by atoms with Gasteiger partial charge in [0.2, 0.25) is 0 Å². The van der Waals surface area contributed by atoms with E-state index in [9.17, 15) is 5.48 Å². The largest absolute Gasteiger partial charge is 0.296 e. The van der Waals surface area contributed by atoms with Crippen LogP contribution >= 0.6 is 0 Å². The lowest BCUT2D eigenvalue weighted by Gasteiger charge is -2.19. The summed E-state index contributed by atoms with van der Waals surface area (Å²) in [6, 6.07) is 34.7. The van der Waals surface area contributed by atoms with E-state index in [1.54, 1.807) is 60.7 Å². The summed E-state index contributed by atoms with van der Waals surface area (Å²) >= 11 is 0. The molecule has 0 unspecified atom stereocenters. The Morgan fingerprint density at radius 1 is 0.531 bits per heavy atom. The van der Waals surface area contributed by atoms with Crippen molar-refractivity contribution in [3.05, 3.63) is 182 Å². The van der Waals surface area contributed by atoms with Gasteiger partial charge in [0.1, 0.15) is 5.82 Å². The summed E-state index contributed by atoms with van der Waals surface area (Å²) in [5.41, 5.74) is 6.00. The fraction of sp³-hybridized carbons (Fsp3) is 0.0426. The van der Waals surface area contributed by atoms with Crippen molar-refractivity contribution in [3.63, 3.8) is 0 Å². The fourth-order valence-electron chi connectivity index (χ4n) is 6.76. The molecule has 0 spiro atoms. The lowest BCUT2D eigenvalue weighted by atomic mass is 9.83. The highest BCUT2D eigenvalue weighted by Crippen LogP contribution is 2.46. The molecular formula is C47H34N2. The average Bonchev–Trinajstić information content (AvgIpc) is 3.68. The number of fused-ring (bicyclic) bond motifs is 3. The van der Waals surface area contributed by atoms with E-state index in [0.29, 0.717) is 33.4 Å². The Kier molecular flexibility index (Phi) is 4.52. The molecule has 9 rings (SSSR count). The second kappa shape index (κ2) is 12.1. The highest BCUT2D eigenvalue weighted by Gasteiger charge is 2.19. The molecule has 49 heavy (non-hydrogen) atoms. The highest BCUT2D eigenvalue weighted by molar-refractivity contribution is 6.22. The molecule has 0 radical (unpaired) electrons. The van der Waals surface area contributed by atoms with Crippen molar-refractivity contribution in [1.82, 2.24) is 9.55 Å². The van der Waals surface area contributed by atoms with Gasteiger partial charge < -0.3 is 0 Å². The summed E-state index contributed by atoms with van der Waals surface area (Å²) in [6.45, 7) is -2.99. The van der Waals surface area contributed by atoms with Crippen LogP contribution in [-0.2, 0) is 6.37 Å². The fourth-order valence-corrected chi connectivity index (χ4v) is 6.76. The number of benzene rings is 8. The normalized spacial score (nSPS) is 15.8. The van der Waals surface area contributed by atoms with Gasteiger partial charge in [0.05, 0.1) is 22.0 Å². The molecule has 0 fully saturated rings. The van der Waals surface area contributed by atoms with E-state index in [1.165, 1.54) is 4.57 Å². The van der Waals surface area contributed by atoms with E-state index in [0.717, 1.165) is 16.7 Å². The maximum absolute atomic E-state index is 9.35. The SMILES string of the molecule is [2H]c1c([2H])c([2H])c2c(-c3ccccc3-c3ccccc3)c3c([2H])c([2H])c([2H])c([2H])c3c(-c3ccc(-c4ccc(-n5c(C([2H])([2H])C([2H])([2H])[2H])nc6ccccc65)cc4)cc3)c2c1[2H]. The van der Waals surface area contributed by atoms with Crippen LogP contribution in [0.2, 0.25) is 0 Å². The first kappa shape index (κ1) is 18.3. The standard InChI is InChI=1S/C47H34N2/c1-2-45-48-43-22-12-13-23-44(43)49(45)36-30-28-33(29-31-36)32-24-26-35(27-25-32)46-39-18-8-10-20-41(39)47(42-21-11-9-19-40(42)46)38-17-7-6-16-37(38)34-14-4-3-5-15-34/h3-31H,2H2,1H3/i1D3,2D2,8D,9D,10D,11D,18D,19D,20D,21D. The maximum Gasteiger partial charge on any atom is 0.114 e. The van der Waals surface area contributed by atoms with Gasteiger partial charge in [-0.3, -0.25) is 4.57 Å². The van der Waals surface area contributed by atoms with E-state index >= 15 is 0 Å². The Hall–Kier alpha value is -6.25. The molecule has 0 aliphatic rings. The Balaban J connectivity index is 1.26. The monoisotopic (exact) mass is 639 g/mol. The quantitative estimate of drug-likeness (QED) is 0.166. The van der Waals surface area contributed by atoms with Crippen LogP contribution in [-0.4, -0.2) is 9.55 Å². The predicted octanol–water partition coefficient (Wildman–Crippen LogP) is 12.6. The molecule has 0 atom stereocenters. The summed E-state index contributed by atoms with van der Waals surface area (Å²) in [4.78, 5) is 4.41. The Morgan fingerprint density at radius 3 is 1.71 bits per heavy atom. The Labute approximate surface area is 304 Å². The minimum Gasteiger partial charge on any atom is -0.296 e. The smallest absolute Gasteiger partial charge is 0.114 e. The molecule has 1 heterocycles. The molecular weight excluding hydrogens is 593 g/mol. The zero-order valence-corrected chi connectivity index (χ0v) is 26.0. The second-order valence-electron chi connectivity index (χ2n) is 11.7. The zero-order valence-electron chi connectivity index (χ0n) is 39.0. The van der Waals surface area contributed by atoms with Gasteiger partial charge in [-0.2, -0.15) is 0 Å². The van der Waals surface area contributed by atoms with Gasteiger partial charge in [-0.25, -0.2) is 4.98 Å².